The van der Waals surface area contributed by atoms with Crippen LogP contribution in [0.4, 0.5) is 5.69 Å². The van der Waals surface area contributed by atoms with Crippen molar-refractivity contribution in [2.45, 2.75) is 32.6 Å². The number of hydrogen-bond acceptors (Lipinski definition) is 2. The molecule has 0 bridgehead atoms. The van der Waals surface area contributed by atoms with E-state index < -0.39 is 0 Å². The zero-order chi connectivity index (χ0) is 12.3. The molecular weight excluding hydrogens is 208 g/mol. The molecule has 0 unspecified atom stereocenters. The van der Waals surface area contributed by atoms with Crippen molar-refractivity contribution < 1.29 is 0 Å². The van der Waals surface area contributed by atoms with Crippen LogP contribution in [0, 0.1) is 5.41 Å². The monoisotopic (exact) mass is 232 g/mol. The Hall–Kier alpha value is -1.02. The van der Waals surface area contributed by atoms with Gasteiger partial charge in [0.1, 0.15) is 0 Å². The van der Waals surface area contributed by atoms with Crippen molar-refractivity contribution in [3.05, 3.63) is 29.8 Å². The third-order valence-corrected chi connectivity index (χ3v) is 4.21. The molecule has 1 aromatic carbocycles. The molecule has 17 heavy (non-hydrogen) atoms. The minimum atomic E-state index is 0.387. The summed E-state index contributed by atoms with van der Waals surface area (Å²) in [5, 5.41) is 0. The topological polar surface area (TPSA) is 29.3 Å². The highest BCUT2D eigenvalue weighted by molar-refractivity contribution is 5.47. The van der Waals surface area contributed by atoms with E-state index in [1.807, 2.05) is 0 Å². The minimum absolute atomic E-state index is 0.387. The Bertz CT molecular complexity index is 346. The Morgan fingerprint density at radius 3 is 2.29 bits per heavy atom. The van der Waals surface area contributed by atoms with E-state index in [0.717, 1.165) is 19.5 Å². The van der Waals surface area contributed by atoms with Crippen molar-refractivity contribution in [2.75, 3.05) is 25.0 Å². The second kappa shape index (κ2) is 5.09. The highest BCUT2D eigenvalue weighted by Crippen LogP contribution is 2.40. The summed E-state index contributed by atoms with van der Waals surface area (Å²) in [5.41, 5.74) is 9.01. The number of rotatable bonds is 5. The summed E-state index contributed by atoms with van der Waals surface area (Å²) >= 11 is 0. The standard InChI is InChI=1S/C15H24N2/c1-3-13-5-7-14(8-6-13)17(2)12-15(11-16)9-4-10-15/h5-8H,3-4,9-12,16H2,1-2H3. The van der Waals surface area contributed by atoms with E-state index in [0.29, 0.717) is 5.41 Å². The van der Waals surface area contributed by atoms with Crippen LogP contribution in [0.3, 0.4) is 0 Å². The molecule has 0 atom stereocenters. The van der Waals surface area contributed by atoms with Crippen molar-refractivity contribution in [1.29, 1.82) is 0 Å². The van der Waals surface area contributed by atoms with Gasteiger partial charge in [0.05, 0.1) is 0 Å². The minimum Gasteiger partial charge on any atom is -0.374 e. The number of benzene rings is 1. The van der Waals surface area contributed by atoms with Crippen LogP contribution in [0.25, 0.3) is 0 Å². The molecule has 2 rings (SSSR count). The van der Waals surface area contributed by atoms with E-state index in [1.54, 1.807) is 0 Å². The first-order valence-corrected chi connectivity index (χ1v) is 6.69. The molecule has 1 fully saturated rings. The number of anilines is 1. The zero-order valence-electron chi connectivity index (χ0n) is 11.1. The summed E-state index contributed by atoms with van der Waals surface area (Å²) in [6, 6.07) is 8.90. The Morgan fingerprint density at radius 2 is 1.88 bits per heavy atom. The van der Waals surface area contributed by atoms with Crippen LogP contribution in [0.15, 0.2) is 24.3 Å². The summed E-state index contributed by atoms with van der Waals surface area (Å²) in [7, 11) is 2.18. The lowest BCUT2D eigenvalue weighted by molar-refractivity contribution is 0.154. The van der Waals surface area contributed by atoms with Gasteiger partial charge in [-0.15, -0.1) is 0 Å². The average molecular weight is 232 g/mol. The van der Waals surface area contributed by atoms with Gasteiger partial charge in [-0.1, -0.05) is 25.5 Å². The molecule has 2 nitrogen and oxygen atoms in total. The lowest BCUT2D eigenvalue weighted by Gasteiger charge is -2.44. The Balaban J connectivity index is 2.01. The molecule has 0 heterocycles. The zero-order valence-corrected chi connectivity index (χ0v) is 11.1. The number of nitrogens with two attached hydrogens (primary N) is 1. The summed E-state index contributed by atoms with van der Waals surface area (Å²) in [6.07, 6.45) is 5.04. The maximum atomic E-state index is 5.91. The van der Waals surface area contributed by atoms with Crippen LogP contribution in [0.5, 0.6) is 0 Å². The predicted octanol–water partition coefficient (Wildman–Crippen LogP) is 2.81. The van der Waals surface area contributed by atoms with E-state index in [9.17, 15) is 0 Å². The van der Waals surface area contributed by atoms with Gasteiger partial charge in [-0.25, -0.2) is 0 Å². The number of aryl methyl sites for hydroxylation is 1. The third kappa shape index (κ3) is 2.63. The van der Waals surface area contributed by atoms with Gasteiger partial charge in [0, 0.05) is 24.7 Å². The lowest BCUT2D eigenvalue weighted by atomic mass is 9.68. The van der Waals surface area contributed by atoms with Crippen LogP contribution < -0.4 is 10.6 Å². The molecule has 0 saturated heterocycles. The predicted molar refractivity (Wildman–Crippen MR) is 74.4 cm³/mol. The van der Waals surface area contributed by atoms with Gasteiger partial charge >= 0.3 is 0 Å². The smallest absolute Gasteiger partial charge is 0.0363 e. The first kappa shape index (κ1) is 12.4. The largest absolute Gasteiger partial charge is 0.374 e. The molecular formula is C15H24N2. The van der Waals surface area contributed by atoms with Crippen LogP contribution in [0.2, 0.25) is 0 Å². The summed E-state index contributed by atoms with van der Waals surface area (Å²) in [6.45, 7) is 4.11. The fourth-order valence-electron chi connectivity index (χ4n) is 2.68. The Labute approximate surface area is 105 Å². The van der Waals surface area contributed by atoms with Crippen molar-refractivity contribution in [2.24, 2.45) is 11.1 Å². The summed E-state index contributed by atoms with van der Waals surface area (Å²) < 4.78 is 0. The van der Waals surface area contributed by atoms with Gasteiger partial charge in [-0.05, 0) is 43.5 Å². The highest BCUT2D eigenvalue weighted by Gasteiger charge is 2.36. The maximum Gasteiger partial charge on any atom is 0.0363 e. The van der Waals surface area contributed by atoms with Crippen molar-refractivity contribution >= 4 is 5.69 Å². The fourth-order valence-corrected chi connectivity index (χ4v) is 2.68. The highest BCUT2D eigenvalue weighted by atomic mass is 15.1. The lowest BCUT2D eigenvalue weighted by Crippen LogP contribution is -2.46. The molecule has 0 radical (unpaired) electrons. The summed E-state index contributed by atoms with van der Waals surface area (Å²) in [5.74, 6) is 0. The molecule has 2 N–H and O–H groups in total. The molecule has 2 heteroatoms. The molecule has 1 saturated carbocycles. The van der Waals surface area contributed by atoms with Crippen LogP contribution in [-0.2, 0) is 6.42 Å². The van der Waals surface area contributed by atoms with Gasteiger partial charge in [0.2, 0.25) is 0 Å². The van der Waals surface area contributed by atoms with Crippen molar-refractivity contribution in [1.82, 2.24) is 0 Å². The molecule has 1 aromatic rings. The molecule has 0 aromatic heterocycles. The van der Waals surface area contributed by atoms with Crippen molar-refractivity contribution in [3.63, 3.8) is 0 Å². The molecule has 0 aliphatic heterocycles. The van der Waals surface area contributed by atoms with E-state index in [2.05, 4.69) is 43.1 Å². The van der Waals surface area contributed by atoms with E-state index in [1.165, 1.54) is 30.5 Å². The second-order valence-corrected chi connectivity index (χ2v) is 5.43. The van der Waals surface area contributed by atoms with Gasteiger partial charge in [0.25, 0.3) is 0 Å². The van der Waals surface area contributed by atoms with Gasteiger partial charge < -0.3 is 10.6 Å². The first-order chi connectivity index (χ1) is 8.19. The van der Waals surface area contributed by atoms with Crippen LogP contribution in [0.1, 0.15) is 31.7 Å². The Morgan fingerprint density at radius 1 is 1.24 bits per heavy atom. The van der Waals surface area contributed by atoms with Crippen LogP contribution >= 0.6 is 0 Å². The normalized spacial score (nSPS) is 17.6. The second-order valence-electron chi connectivity index (χ2n) is 5.43. The van der Waals surface area contributed by atoms with Gasteiger partial charge in [-0.3, -0.25) is 0 Å². The first-order valence-electron chi connectivity index (χ1n) is 6.69. The van der Waals surface area contributed by atoms with E-state index in [4.69, 9.17) is 5.73 Å². The molecule has 1 aliphatic rings. The van der Waals surface area contributed by atoms with E-state index in [-0.39, 0.29) is 0 Å². The third-order valence-electron chi connectivity index (χ3n) is 4.21. The maximum absolute atomic E-state index is 5.91. The molecule has 94 valence electrons. The Kier molecular flexibility index (Phi) is 3.72. The van der Waals surface area contributed by atoms with Gasteiger partial charge in [-0.2, -0.15) is 0 Å². The summed E-state index contributed by atoms with van der Waals surface area (Å²) in [4.78, 5) is 2.35. The number of hydrogen-bond donors (Lipinski definition) is 1. The molecule has 1 aliphatic carbocycles. The fraction of sp³-hybridized carbons (Fsp3) is 0.600. The molecule has 0 spiro atoms. The quantitative estimate of drug-likeness (QED) is 0.846. The van der Waals surface area contributed by atoms with E-state index >= 15 is 0 Å². The average Bonchev–Trinajstić information content (AvgIpc) is 2.33. The van der Waals surface area contributed by atoms with Crippen molar-refractivity contribution in [3.8, 4) is 0 Å². The van der Waals surface area contributed by atoms with Crippen LogP contribution in [-0.4, -0.2) is 20.1 Å². The van der Waals surface area contributed by atoms with Gasteiger partial charge in [0.15, 0.2) is 0 Å². The SMILES string of the molecule is CCc1ccc(N(C)CC2(CN)CCC2)cc1. The number of nitrogens with zero attached hydrogens (tertiary/aromatic N) is 1. The molecule has 0 amide bonds.